The van der Waals surface area contributed by atoms with Gasteiger partial charge in [0.25, 0.3) is 11.8 Å². The molecular weight excluding hydrogens is 416 g/mol. The third-order valence-corrected chi connectivity index (χ3v) is 4.19. The average Bonchev–Trinajstić information content (AvgIpc) is 2.66. The van der Waals surface area contributed by atoms with Crippen molar-refractivity contribution in [3.8, 4) is 17.2 Å². The largest absolute Gasteiger partial charge is 0.497 e. The number of nitrogens with one attached hydrogen (secondary N) is 2. The van der Waals surface area contributed by atoms with E-state index in [0.29, 0.717) is 32.8 Å². The van der Waals surface area contributed by atoms with Crippen LogP contribution >= 0.6 is 15.9 Å². The number of halogens is 1. The first-order valence-electron chi connectivity index (χ1n) is 8.14. The van der Waals surface area contributed by atoms with Crippen molar-refractivity contribution in [2.75, 3.05) is 14.2 Å². The minimum Gasteiger partial charge on any atom is -0.497 e. The van der Waals surface area contributed by atoms with E-state index in [1.54, 1.807) is 36.4 Å². The molecule has 27 heavy (non-hydrogen) atoms. The molecule has 2 aromatic rings. The smallest absolute Gasteiger partial charge is 0.270 e. The van der Waals surface area contributed by atoms with Crippen molar-refractivity contribution in [3.63, 3.8) is 0 Å². The summed E-state index contributed by atoms with van der Waals surface area (Å²) in [6.07, 6.45) is -0.0285. The molecule has 2 rings (SSSR count). The molecular formula is C19H21BrN2O5. The van der Waals surface area contributed by atoms with Crippen molar-refractivity contribution < 1.29 is 23.8 Å². The maximum atomic E-state index is 12.3. The average molecular weight is 437 g/mol. The van der Waals surface area contributed by atoms with Gasteiger partial charge in [0.15, 0.2) is 11.5 Å². The summed E-state index contributed by atoms with van der Waals surface area (Å²) in [6, 6.07) is 9.74. The zero-order chi connectivity index (χ0) is 20.0. The van der Waals surface area contributed by atoms with Crippen LogP contribution in [0.3, 0.4) is 0 Å². The van der Waals surface area contributed by atoms with E-state index in [0.717, 1.165) is 0 Å². The van der Waals surface area contributed by atoms with E-state index in [-0.39, 0.29) is 6.10 Å². The van der Waals surface area contributed by atoms with Crippen LogP contribution in [0, 0.1) is 0 Å². The van der Waals surface area contributed by atoms with Crippen molar-refractivity contribution in [1.82, 2.24) is 10.9 Å². The second-order valence-corrected chi connectivity index (χ2v) is 6.64. The molecule has 0 radical (unpaired) electrons. The lowest BCUT2D eigenvalue weighted by Gasteiger charge is -2.14. The second kappa shape index (κ2) is 9.27. The highest BCUT2D eigenvalue weighted by molar-refractivity contribution is 9.10. The molecule has 7 nitrogen and oxygen atoms in total. The number of carbonyl (C=O) groups excluding carboxylic acids is 2. The Bertz CT molecular complexity index is 839. The lowest BCUT2D eigenvalue weighted by Crippen LogP contribution is -2.41. The van der Waals surface area contributed by atoms with Gasteiger partial charge in [0.1, 0.15) is 5.75 Å². The maximum absolute atomic E-state index is 12.3. The fourth-order valence-electron chi connectivity index (χ4n) is 2.22. The first-order chi connectivity index (χ1) is 12.8. The van der Waals surface area contributed by atoms with Crippen LogP contribution in [-0.4, -0.2) is 32.1 Å². The van der Waals surface area contributed by atoms with Gasteiger partial charge < -0.3 is 14.2 Å². The van der Waals surface area contributed by atoms with Gasteiger partial charge in [-0.2, -0.15) is 0 Å². The van der Waals surface area contributed by atoms with Gasteiger partial charge in [-0.15, -0.1) is 0 Å². The summed E-state index contributed by atoms with van der Waals surface area (Å²) in [7, 11) is 3.00. The number of hydrogen-bond acceptors (Lipinski definition) is 5. The summed E-state index contributed by atoms with van der Waals surface area (Å²) in [5.74, 6) is 0.518. The number of ether oxygens (including phenoxy) is 3. The minimum absolute atomic E-state index is 0.0285. The highest BCUT2D eigenvalue weighted by Crippen LogP contribution is 2.29. The predicted molar refractivity (Wildman–Crippen MR) is 104 cm³/mol. The number of benzene rings is 2. The van der Waals surface area contributed by atoms with E-state index >= 15 is 0 Å². The van der Waals surface area contributed by atoms with Gasteiger partial charge in [0, 0.05) is 10.0 Å². The van der Waals surface area contributed by atoms with E-state index in [1.807, 2.05) is 13.8 Å². The molecule has 144 valence electrons. The fourth-order valence-corrected chi connectivity index (χ4v) is 2.65. The lowest BCUT2D eigenvalue weighted by atomic mass is 10.2. The quantitative estimate of drug-likeness (QED) is 0.678. The molecule has 0 aromatic heterocycles. The van der Waals surface area contributed by atoms with Gasteiger partial charge in [0.2, 0.25) is 0 Å². The van der Waals surface area contributed by atoms with Crippen LogP contribution in [0.25, 0.3) is 0 Å². The van der Waals surface area contributed by atoms with E-state index in [9.17, 15) is 9.59 Å². The molecule has 0 saturated heterocycles. The zero-order valence-electron chi connectivity index (χ0n) is 15.5. The number of methoxy groups -OCH3 is 2. The SMILES string of the molecule is COc1ccc(Br)c(C(=O)NNC(=O)c2ccc(OC(C)C)c(OC)c2)c1. The molecule has 0 fully saturated rings. The van der Waals surface area contributed by atoms with Crippen LogP contribution in [0.4, 0.5) is 0 Å². The third-order valence-electron chi connectivity index (χ3n) is 3.50. The molecule has 0 heterocycles. The van der Waals surface area contributed by atoms with Crippen LogP contribution in [0.2, 0.25) is 0 Å². The summed E-state index contributed by atoms with van der Waals surface area (Å²) in [5, 5.41) is 0. The molecule has 0 aliphatic carbocycles. The standard InChI is InChI=1S/C19H21BrN2O5/c1-11(2)27-16-8-5-12(9-17(16)26-4)18(23)21-22-19(24)14-10-13(25-3)6-7-15(14)20/h5-11H,1-4H3,(H,21,23)(H,22,24). The van der Waals surface area contributed by atoms with Crippen molar-refractivity contribution in [1.29, 1.82) is 0 Å². The van der Waals surface area contributed by atoms with Crippen LogP contribution in [0.1, 0.15) is 34.6 Å². The molecule has 8 heteroatoms. The Morgan fingerprint density at radius 3 is 2.26 bits per heavy atom. The van der Waals surface area contributed by atoms with Crippen molar-refractivity contribution in [3.05, 3.63) is 52.0 Å². The van der Waals surface area contributed by atoms with E-state index < -0.39 is 11.8 Å². The molecule has 0 unspecified atom stereocenters. The van der Waals surface area contributed by atoms with E-state index in [1.165, 1.54) is 14.2 Å². The van der Waals surface area contributed by atoms with Crippen LogP contribution in [-0.2, 0) is 0 Å². The van der Waals surface area contributed by atoms with Crippen LogP contribution in [0.15, 0.2) is 40.9 Å². The Kier molecular flexibility index (Phi) is 7.06. The Balaban J connectivity index is 2.08. The molecule has 0 aliphatic heterocycles. The fraction of sp³-hybridized carbons (Fsp3) is 0.263. The molecule has 0 spiro atoms. The molecule has 0 bridgehead atoms. The predicted octanol–water partition coefficient (Wildman–Crippen LogP) is 3.33. The van der Waals surface area contributed by atoms with Gasteiger partial charge in [-0.25, -0.2) is 0 Å². The molecule has 2 amide bonds. The summed E-state index contributed by atoms with van der Waals surface area (Å²) < 4.78 is 16.6. The Labute approximate surface area is 166 Å². The first-order valence-corrected chi connectivity index (χ1v) is 8.94. The molecule has 2 aromatic carbocycles. The number of hydrogen-bond donors (Lipinski definition) is 2. The van der Waals surface area contributed by atoms with Crippen molar-refractivity contribution in [2.45, 2.75) is 20.0 Å². The second-order valence-electron chi connectivity index (χ2n) is 5.79. The first kappa shape index (κ1) is 20.6. The van der Waals surface area contributed by atoms with E-state index in [4.69, 9.17) is 14.2 Å². The van der Waals surface area contributed by atoms with Gasteiger partial charge in [-0.1, -0.05) is 0 Å². The molecule has 2 N–H and O–H groups in total. The van der Waals surface area contributed by atoms with Crippen LogP contribution in [0.5, 0.6) is 17.2 Å². The maximum Gasteiger partial charge on any atom is 0.270 e. The number of rotatable bonds is 6. The zero-order valence-corrected chi connectivity index (χ0v) is 17.0. The summed E-state index contributed by atoms with van der Waals surface area (Å²) in [4.78, 5) is 24.6. The minimum atomic E-state index is -0.489. The summed E-state index contributed by atoms with van der Waals surface area (Å²) in [6.45, 7) is 3.79. The molecule has 0 aliphatic rings. The Morgan fingerprint density at radius 1 is 0.926 bits per heavy atom. The highest BCUT2D eigenvalue weighted by Gasteiger charge is 2.15. The Morgan fingerprint density at radius 2 is 1.63 bits per heavy atom. The summed E-state index contributed by atoms with van der Waals surface area (Å²) in [5.41, 5.74) is 5.39. The number of hydrazine groups is 1. The van der Waals surface area contributed by atoms with Gasteiger partial charge in [0.05, 0.1) is 25.9 Å². The third kappa shape index (κ3) is 5.37. The summed E-state index contributed by atoms with van der Waals surface area (Å²) >= 11 is 3.30. The van der Waals surface area contributed by atoms with E-state index in [2.05, 4.69) is 26.8 Å². The molecule has 0 saturated carbocycles. The van der Waals surface area contributed by atoms with Crippen molar-refractivity contribution >= 4 is 27.7 Å². The monoisotopic (exact) mass is 436 g/mol. The number of carbonyl (C=O) groups is 2. The highest BCUT2D eigenvalue weighted by atomic mass is 79.9. The Hall–Kier alpha value is -2.74. The normalized spacial score (nSPS) is 10.3. The van der Waals surface area contributed by atoms with Crippen LogP contribution < -0.4 is 25.1 Å². The van der Waals surface area contributed by atoms with Crippen molar-refractivity contribution in [2.24, 2.45) is 0 Å². The number of amides is 2. The topological polar surface area (TPSA) is 85.9 Å². The van der Waals surface area contributed by atoms with Gasteiger partial charge in [-0.05, 0) is 66.2 Å². The van der Waals surface area contributed by atoms with Gasteiger partial charge >= 0.3 is 0 Å². The lowest BCUT2D eigenvalue weighted by molar-refractivity contribution is 0.0846. The molecule has 0 atom stereocenters. The van der Waals surface area contributed by atoms with Gasteiger partial charge in [-0.3, -0.25) is 20.4 Å².